The fourth-order valence-corrected chi connectivity index (χ4v) is 2.96. The summed E-state index contributed by atoms with van der Waals surface area (Å²) in [5.74, 6) is -0.163. The van der Waals surface area contributed by atoms with E-state index in [9.17, 15) is 10.1 Å². The SMILES string of the molecule is N#CC1(NC(=O)CNc2ccccc2-n2cccn2)CCCC1. The second kappa shape index (κ2) is 6.53. The highest BCUT2D eigenvalue weighted by atomic mass is 16.2. The fraction of sp³-hybridized carbons (Fsp3) is 0.353. The maximum atomic E-state index is 12.2. The normalized spacial score (nSPS) is 15.8. The molecule has 6 nitrogen and oxygen atoms in total. The van der Waals surface area contributed by atoms with E-state index in [1.165, 1.54) is 0 Å². The summed E-state index contributed by atoms with van der Waals surface area (Å²) < 4.78 is 1.74. The van der Waals surface area contributed by atoms with Crippen LogP contribution in [-0.4, -0.2) is 27.8 Å². The fourth-order valence-electron chi connectivity index (χ4n) is 2.96. The van der Waals surface area contributed by atoms with E-state index in [4.69, 9.17) is 0 Å². The van der Waals surface area contributed by atoms with Crippen molar-refractivity contribution in [1.29, 1.82) is 5.26 Å². The highest BCUT2D eigenvalue weighted by Gasteiger charge is 2.35. The maximum Gasteiger partial charge on any atom is 0.240 e. The second-order valence-electron chi connectivity index (χ2n) is 5.77. The Kier molecular flexibility index (Phi) is 4.29. The topological polar surface area (TPSA) is 82.7 Å². The Balaban J connectivity index is 1.65. The first-order valence-corrected chi connectivity index (χ1v) is 7.78. The van der Waals surface area contributed by atoms with Gasteiger partial charge in [0.25, 0.3) is 0 Å². The zero-order chi connectivity index (χ0) is 16.1. The molecule has 1 amide bonds. The number of nitrogens with zero attached hydrogens (tertiary/aromatic N) is 3. The number of hydrogen-bond acceptors (Lipinski definition) is 4. The molecule has 0 radical (unpaired) electrons. The molecular formula is C17H19N5O. The largest absolute Gasteiger partial charge is 0.374 e. The van der Waals surface area contributed by atoms with E-state index in [0.29, 0.717) is 0 Å². The van der Waals surface area contributed by atoms with Crippen LogP contribution in [0.5, 0.6) is 0 Å². The molecule has 0 aliphatic heterocycles. The summed E-state index contributed by atoms with van der Waals surface area (Å²) in [5, 5.41) is 19.6. The van der Waals surface area contributed by atoms with Crippen molar-refractivity contribution >= 4 is 11.6 Å². The number of carbonyl (C=O) groups excluding carboxylic acids is 1. The molecule has 1 fully saturated rings. The van der Waals surface area contributed by atoms with Crippen molar-refractivity contribution in [2.45, 2.75) is 31.2 Å². The average Bonchev–Trinajstić information content (AvgIpc) is 3.25. The van der Waals surface area contributed by atoms with Gasteiger partial charge in [0.05, 0.1) is 24.0 Å². The zero-order valence-corrected chi connectivity index (χ0v) is 12.8. The molecule has 1 saturated carbocycles. The number of anilines is 1. The van der Waals surface area contributed by atoms with E-state index >= 15 is 0 Å². The molecule has 1 aliphatic carbocycles. The second-order valence-corrected chi connectivity index (χ2v) is 5.77. The number of benzene rings is 1. The van der Waals surface area contributed by atoms with E-state index in [-0.39, 0.29) is 12.5 Å². The van der Waals surface area contributed by atoms with Crippen LogP contribution in [0.25, 0.3) is 5.69 Å². The van der Waals surface area contributed by atoms with Gasteiger partial charge in [0.1, 0.15) is 5.54 Å². The Hall–Kier alpha value is -2.81. The third-order valence-corrected chi connectivity index (χ3v) is 4.14. The van der Waals surface area contributed by atoms with E-state index in [1.54, 1.807) is 10.9 Å². The third kappa shape index (κ3) is 3.34. The Morgan fingerprint density at radius 1 is 1.30 bits per heavy atom. The van der Waals surface area contributed by atoms with Crippen LogP contribution in [0, 0.1) is 11.3 Å². The van der Waals surface area contributed by atoms with Crippen LogP contribution in [-0.2, 0) is 4.79 Å². The molecule has 6 heteroatoms. The van der Waals surface area contributed by atoms with Crippen molar-refractivity contribution in [3.05, 3.63) is 42.7 Å². The van der Waals surface area contributed by atoms with E-state index in [2.05, 4.69) is 21.8 Å². The Morgan fingerprint density at radius 3 is 2.78 bits per heavy atom. The van der Waals surface area contributed by atoms with Crippen molar-refractivity contribution in [3.8, 4) is 11.8 Å². The average molecular weight is 309 g/mol. The minimum atomic E-state index is -0.680. The summed E-state index contributed by atoms with van der Waals surface area (Å²) in [6.07, 6.45) is 7.01. The summed E-state index contributed by atoms with van der Waals surface area (Å²) in [7, 11) is 0. The number of rotatable bonds is 5. The molecule has 0 atom stereocenters. The lowest BCUT2D eigenvalue weighted by Crippen LogP contribution is -2.47. The van der Waals surface area contributed by atoms with Gasteiger partial charge in [0.15, 0.2) is 0 Å². The van der Waals surface area contributed by atoms with Crippen LogP contribution in [0.4, 0.5) is 5.69 Å². The first-order chi connectivity index (χ1) is 11.2. The van der Waals surface area contributed by atoms with Gasteiger partial charge in [0, 0.05) is 12.4 Å². The minimum absolute atomic E-state index is 0.127. The van der Waals surface area contributed by atoms with Gasteiger partial charge in [-0.3, -0.25) is 4.79 Å². The predicted octanol–water partition coefficient (Wildman–Crippen LogP) is 2.24. The number of nitrogens with one attached hydrogen (secondary N) is 2. The molecular weight excluding hydrogens is 290 g/mol. The first kappa shape index (κ1) is 15.1. The molecule has 0 saturated heterocycles. The standard InChI is InChI=1S/C17H19N5O/c18-13-17(8-3-4-9-17)21-16(23)12-19-14-6-1-2-7-15(14)22-11-5-10-20-22/h1-2,5-7,10-11,19H,3-4,8-9,12H2,(H,21,23). The highest BCUT2D eigenvalue weighted by molar-refractivity contribution is 5.82. The zero-order valence-electron chi connectivity index (χ0n) is 12.8. The number of nitriles is 1. The summed E-state index contributed by atoms with van der Waals surface area (Å²) in [4.78, 5) is 12.2. The molecule has 1 heterocycles. The number of aromatic nitrogens is 2. The van der Waals surface area contributed by atoms with Gasteiger partial charge in [-0.15, -0.1) is 0 Å². The van der Waals surface area contributed by atoms with Crippen LogP contribution in [0.1, 0.15) is 25.7 Å². The van der Waals surface area contributed by atoms with Crippen LogP contribution in [0.3, 0.4) is 0 Å². The van der Waals surface area contributed by atoms with Crippen molar-refractivity contribution in [2.75, 3.05) is 11.9 Å². The van der Waals surface area contributed by atoms with Gasteiger partial charge < -0.3 is 10.6 Å². The predicted molar refractivity (Wildman–Crippen MR) is 87.0 cm³/mol. The van der Waals surface area contributed by atoms with E-state index in [1.807, 2.05) is 36.5 Å². The maximum absolute atomic E-state index is 12.2. The van der Waals surface area contributed by atoms with Crippen LogP contribution in [0.15, 0.2) is 42.7 Å². The van der Waals surface area contributed by atoms with Gasteiger partial charge in [-0.1, -0.05) is 12.1 Å². The monoisotopic (exact) mass is 309 g/mol. The number of amides is 1. The molecule has 1 aromatic carbocycles. The number of carbonyl (C=O) groups is 1. The molecule has 2 N–H and O–H groups in total. The molecule has 23 heavy (non-hydrogen) atoms. The molecule has 3 rings (SSSR count). The Labute approximate surface area is 135 Å². The molecule has 0 bridgehead atoms. The summed E-state index contributed by atoms with van der Waals surface area (Å²) in [6, 6.07) is 11.8. The molecule has 1 aromatic heterocycles. The van der Waals surface area contributed by atoms with E-state index in [0.717, 1.165) is 37.1 Å². The van der Waals surface area contributed by atoms with Crippen molar-refractivity contribution in [2.24, 2.45) is 0 Å². The first-order valence-electron chi connectivity index (χ1n) is 7.78. The van der Waals surface area contributed by atoms with Gasteiger partial charge in [-0.25, -0.2) is 4.68 Å². The Bertz CT molecular complexity index is 711. The Morgan fingerprint density at radius 2 is 2.09 bits per heavy atom. The van der Waals surface area contributed by atoms with Gasteiger partial charge in [0.2, 0.25) is 5.91 Å². The quantitative estimate of drug-likeness (QED) is 0.887. The summed E-state index contributed by atoms with van der Waals surface area (Å²) >= 11 is 0. The van der Waals surface area contributed by atoms with Crippen LogP contribution < -0.4 is 10.6 Å². The molecule has 118 valence electrons. The van der Waals surface area contributed by atoms with Gasteiger partial charge in [-0.05, 0) is 43.9 Å². The number of para-hydroxylation sites is 2. The lowest BCUT2D eigenvalue weighted by molar-refractivity contribution is -0.120. The smallest absolute Gasteiger partial charge is 0.240 e. The molecule has 0 unspecified atom stereocenters. The van der Waals surface area contributed by atoms with Crippen LogP contribution in [0.2, 0.25) is 0 Å². The highest BCUT2D eigenvalue weighted by Crippen LogP contribution is 2.28. The van der Waals surface area contributed by atoms with Gasteiger partial charge in [-0.2, -0.15) is 10.4 Å². The summed E-state index contributed by atoms with van der Waals surface area (Å²) in [6.45, 7) is 0.127. The number of hydrogen-bond donors (Lipinski definition) is 2. The van der Waals surface area contributed by atoms with Crippen molar-refractivity contribution in [1.82, 2.24) is 15.1 Å². The van der Waals surface area contributed by atoms with Crippen molar-refractivity contribution in [3.63, 3.8) is 0 Å². The van der Waals surface area contributed by atoms with Crippen molar-refractivity contribution < 1.29 is 4.79 Å². The molecule has 0 spiro atoms. The van der Waals surface area contributed by atoms with Crippen LogP contribution >= 0.6 is 0 Å². The van der Waals surface area contributed by atoms with E-state index < -0.39 is 5.54 Å². The summed E-state index contributed by atoms with van der Waals surface area (Å²) in [5.41, 5.74) is 1.02. The minimum Gasteiger partial charge on any atom is -0.374 e. The molecule has 1 aliphatic rings. The third-order valence-electron chi connectivity index (χ3n) is 4.14. The lowest BCUT2D eigenvalue weighted by Gasteiger charge is -2.22. The van der Waals surface area contributed by atoms with Gasteiger partial charge >= 0.3 is 0 Å². The lowest BCUT2D eigenvalue weighted by atomic mass is 10.00. The molecule has 2 aromatic rings.